The molecule has 0 N–H and O–H groups in total. The Kier molecular flexibility index (Phi) is 7.56. The first-order valence-corrected chi connectivity index (χ1v) is 14.4. The van der Waals surface area contributed by atoms with Crippen LogP contribution in [0.25, 0.3) is 0 Å². The van der Waals surface area contributed by atoms with Gasteiger partial charge in [-0.25, -0.2) is 0 Å². The number of halogens is 20. The predicted octanol–water partition coefficient (Wildman–Crippen LogP) is 9.28. The normalized spacial score (nSPS) is 22.0. The van der Waals surface area contributed by atoms with Gasteiger partial charge >= 0.3 is 247 Å². The van der Waals surface area contributed by atoms with Crippen molar-refractivity contribution >= 4 is 17.7 Å². The Labute approximate surface area is 247 Å². The van der Waals surface area contributed by atoms with Gasteiger partial charge in [0.25, 0.3) is 0 Å². The summed E-state index contributed by atoms with van der Waals surface area (Å²) in [6, 6.07) is 0.263. The van der Waals surface area contributed by atoms with E-state index in [0.29, 0.717) is 12.1 Å². The SMILES string of the molecule is CCP12(OC(C(F)(F)C(F)(F)F)(C(F)(F)C(F)(F)F)c3ccccc31)OC(C(F)(F)C(F)(F)F)(C(F)(F)C(F)(F)F)c1ccccc12. The monoisotopic (exact) mass is 744 g/mol. The molecule has 0 amide bonds. The molecule has 2 aliphatic rings. The van der Waals surface area contributed by atoms with Crippen molar-refractivity contribution in [1.29, 1.82) is 0 Å². The molecule has 0 saturated carbocycles. The molecule has 0 fully saturated rings. The molecule has 0 atom stereocenters. The van der Waals surface area contributed by atoms with Gasteiger partial charge in [-0.15, -0.1) is 0 Å². The molecule has 0 aromatic heterocycles. The number of fused-ring (bicyclic) bond motifs is 4. The fourth-order valence-electron chi connectivity index (χ4n) is 5.92. The molecule has 0 radical (unpaired) electrons. The van der Waals surface area contributed by atoms with Gasteiger partial charge in [0, 0.05) is 0 Å². The third kappa shape index (κ3) is 3.94. The topological polar surface area (TPSA) is 18.5 Å². The van der Waals surface area contributed by atoms with E-state index in [0.717, 1.165) is 0 Å². The maximum atomic E-state index is 15.4. The van der Waals surface area contributed by atoms with Crippen molar-refractivity contribution in [3.8, 4) is 0 Å². The molecular weight excluding hydrogens is 731 g/mol. The fraction of sp³-hybridized carbons (Fsp3) is 0.500. The first kappa shape index (κ1) is 37.2. The van der Waals surface area contributed by atoms with Crippen LogP contribution in [0.4, 0.5) is 87.8 Å². The molecule has 2 nitrogen and oxygen atoms in total. The standard InChI is InChI=1S/C24H13F20O2P/c1-2-47(13-9-5-3-7-11(13)15(45-47,17(25,26)21(33,34)35)18(27,28)22(36,37)38)14-10-6-4-8-12(14)16(46-47,19(29,30)23(39,40)41)20(31,32)24(42,43)44/h3-10H,2H2,1H3. The van der Waals surface area contributed by atoms with E-state index in [9.17, 15) is 52.7 Å². The molecule has 2 heterocycles. The van der Waals surface area contributed by atoms with Crippen molar-refractivity contribution in [2.75, 3.05) is 6.16 Å². The van der Waals surface area contributed by atoms with Gasteiger partial charge in [-0.3, -0.25) is 0 Å². The zero-order valence-corrected chi connectivity index (χ0v) is 23.0. The Morgan fingerprint density at radius 2 is 0.681 bits per heavy atom. The molecule has 0 saturated heterocycles. The summed E-state index contributed by atoms with van der Waals surface area (Å²) in [5.74, 6) is -30.3. The number of hydrogen-bond acceptors (Lipinski definition) is 2. The zero-order chi connectivity index (χ0) is 36.5. The summed E-state index contributed by atoms with van der Waals surface area (Å²) in [6.07, 6.45) is -32.2. The van der Waals surface area contributed by atoms with Crippen molar-refractivity contribution in [1.82, 2.24) is 0 Å². The van der Waals surface area contributed by atoms with E-state index in [4.69, 9.17) is 0 Å². The summed E-state index contributed by atoms with van der Waals surface area (Å²) >= 11 is 0. The van der Waals surface area contributed by atoms with Crippen LogP contribution in [-0.4, -0.2) is 54.6 Å². The summed E-state index contributed by atoms with van der Waals surface area (Å²) < 4.78 is 299. The number of alkyl halides is 20. The van der Waals surface area contributed by atoms with Crippen molar-refractivity contribution in [3.63, 3.8) is 0 Å². The van der Waals surface area contributed by atoms with Crippen LogP contribution in [0.3, 0.4) is 0 Å². The van der Waals surface area contributed by atoms with Gasteiger partial charge in [-0.05, 0) is 0 Å². The van der Waals surface area contributed by atoms with Crippen LogP contribution in [-0.2, 0) is 20.2 Å². The molecular formula is C24H13F20O2P. The molecule has 4 rings (SSSR count). The molecule has 23 heteroatoms. The third-order valence-corrected chi connectivity index (χ3v) is 13.2. The van der Waals surface area contributed by atoms with E-state index >= 15 is 35.1 Å². The Hall–Kier alpha value is -2.61. The first-order chi connectivity index (χ1) is 20.8. The quantitative estimate of drug-likeness (QED) is 0.225. The van der Waals surface area contributed by atoms with Crippen LogP contribution in [0.1, 0.15) is 18.1 Å². The van der Waals surface area contributed by atoms with Crippen LogP contribution >= 0.6 is 7.06 Å². The van der Waals surface area contributed by atoms with Crippen LogP contribution in [0.2, 0.25) is 0 Å². The predicted molar refractivity (Wildman–Crippen MR) is 119 cm³/mol. The minimum absolute atomic E-state index is 0.0539. The number of rotatable bonds is 5. The van der Waals surface area contributed by atoms with Crippen LogP contribution in [0.5, 0.6) is 0 Å². The third-order valence-electron chi connectivity index (χ3n) is 7.97. The Balaban J connectivity index is 2.39. The average molecular weight is 744 g/mol. The second-order valence-corrected chi connectivity index (χ2v) is 14.5. The summed E-state index contributed by atoms with van der Waals surface area (Å²) in [5.41, 5.74) is -18.6. The Bertz CT molecular complexity index is 1400. The van der Waals surface area contributed by atoms with E-state index in [-0.39, 0.29) is 43.3 Å². The van der Waals surface area contributed by atoms with Gasteiger partial charge in [0.1, 0.15) is 0 Å². The summed E-state index contributed by atoms with van der Waals surface area (Å²) in [6.45, 7) is 0.256. The van der Waals surface area contributed by atoms with Crippen molar-refractivity contribution in [3.05, 3.63) is 59.7 Å². The van der Waals surface area contributed by atoms with Crippen LogP contribution in [0, 0.1) is 0 Å². The summed E-state index contributed by atoms with van der Waals surface area (Å²) in [4.78, 5) is 0. The fourth-order valence-corrected chi connectivity index (χ4v) is 11.6. The molecule has 0 aliphatic carbocycles. The van der Waals surface area contributed by atoms with Gasteiger partial charge in [0.15, 0.2) is 0 Å². The first-order valence-electron chi connectivity index (χ1n) is 12.2. The Morgan fingerprint density at radius 1 is 0.447 bits per heavy atom. The van der Waals surface area contributed by atoms with Crippen LogP contribution in [0.15, 0.2) is 48.5 Å². The molecule has 0 bridgehead atoms. The average Bonchev–Trinajstić information content (AvgIpc) is 3.36. The minimum atomic E-state index is -7.82. The maximum absolute atomic E-state index is 15.4. The van der Waals surface area contributed by atoms with Gasteiger partial charge in [-0.1, -0.05) is 0 Å². The molecule has 2 aromatic carbocycles. The van der Waals surface area contributed by atoms with Gasteiger partial charge in [0.2, 0.25) is 0 Å². The van der Waals surface area contributed by atoms with Gasteiger partial charge < -0.3 is 0 Å². The van der Waals surface area contributed by atoms with Crippen molar-refractivity contribution < 1.29 is 96.9 Å². The van der Waals surface area contributed by atoms with E-state index in [1.165, 1.54) is 0 Å². The zero-order valence-electron chi connectivity index (χ0n) is 22.1. The second kappa shape index (κ2) is 9.54. The molecule has 1 spiro atoms. The molecule has 2 aliphatic heterocycles. The van der Waals surface area contributed by atoms with Gasteiger partial charge in [0.05, 0.1) is 0 Å². The van der Waals surface area contributed by atoms with Gasteiger partial charge in [-0.2, -0.15) is 0 Å². The summed E-state index contributed by atoms with van der Waals surface area (Å²) in [7, 11) is -7.82. The second-order valence-electron chi connectivity index (χ2n) is 10.3. The molecule has 2 aromatic rings. The number of hydrogen-bond donors (Lipinski definition) is 0. The van der Waals surface area contributed by atoms with E-state index in [2.05, 4.69) is 9.05 Å². The van der Waals surface area contributed by atoms with E-state index < -0.39 is 94.6 Å². The number of benzene rings is 2. The van der Waals surface area contributed by atoms with E-state index in [1.54, 1.807) is 0 Å². The molecule has 0 unspecified atom stereocenters. The van der Waals surface area contributed by atoms with Crippen LogP contribution < -0.4 is 10.6 Å². The van der Waals surface area contributed by atoms with Crippen molar-refractivity contribution in [2.24, 2.45) is 0 Å². The Morgan fingerprint density at radius 3 is 0.894 bits per heavy atom. The molecule has 47 heavy (non-hydrogen) atoms. The molecule has 266 valence electrons. The summed E-state index contributed by atoms with van der Waals surface area (Å²) in [5, 5.41) is -4.11. The van der Waals surface area contributed by atoms with Crippen molar-refractivity contribution in [2.45, 2.75) is 66.5 Å². The van der Waals surface area contributed by atoms with E-state index in [1.807, 2.05) is 0 Å².